The maximum atomic E-state index is 11.8. The summed E-state index contributed by atoms with van der Waals surface area (Å²) in [5.41, 5.74) is 1.50. The summed E-state index contributed by atoms with van der Waals surface area (Å²) < 4.78 is 0. The van der Waals surface area contributed by atoms with Crippen molar-refractivity contribution in [1.29, 1.82) is 0 Å². The van der Waals surface area contributed by atoms with E-state index in [-0.39, 0.29) is 16.7 Å². The second-order valence-electron chi connectivity index (χ2n) is 4.49. The van der Waals surface area contributed by atoms with Crippen molar-refractivity contribution < 1.29 is 9.90 Å². The van der Waals surface area contributed by atoms with Gasteiger partial charge in [0.05, 0.1) is 10.7 Å². The fraction of sp³-hybridized carbons (Fsp3) is 0.125. The van der Waals surface area contributed by atoms with E-state index in [4.69, 9.17) is 23.2 Å². The number of nitrogens with zero attached hydrogens (tertiary/aromatic N) is 1. The van der Waals surface area contributed by atoms with Gasteiger partial charge in [-0.3, -0.25) is 9.79 Å². The van der Waals surface area contributed by atoms with Crippen LogP contribution in [0, 0.1) is 0 Å². The normalized spacial score (nSPS) is 10.9. The molecule has 4 nitrogen and oxygen atoms in total. The number of aromatic hydroxyl groups is 1. The predicted molar refractivity (Wildman–Crippen MR) is 89.8 cm³/mol. The molecule has 0 saturated heterocycles. The number of nitrogens with one attached hydrogen (secondary N) is 1. The van der Waals surface area contributed by atoms with Crippen LogP contribution in [0.4, 0.5) is 5.69 Å². The van der Waals surface area contributed by atoms with Crippen molar-refractivity contribution in [3.8, 4) is 5.75 Å². The molecule has 2 rings (SSSR count). The molecule has 22 heavy (non-hydrogen) atoms. The van der Waals surface area contributed by atoms with Gasteiger partial charge in [-0.25, -0.2) is 0 Å². The van der Waals surface area contributed by atoms with Crippen LogP contribution in [0.5, 0.6) is 5.75 Å². The van der Waals surface area contributed by atoms with Gasteiger partial charge in [-0.15, -0.1) is 0 Å². The largest absolute Gasteiger partial charge is 0.506 e. The van der Waals surface area contributed by atoms with Crippen LogP contribution in [0.2, 0.25) is 10.0 Å². The summed E-state index contributed by atoms with van der Waals surface area (Å²) >= 11 is 11.7. The van der Waals surface area contributed by atoms with E-state index < -0.39 is 0 Å². The molecule has 0 atom stereocenters. The zero-order chi connectivity index (χ0) is 16.1. The molecule has 0 aliphatic heterocycles. The SMILES string of the molecule is CCNC(=O)c1cccc(N=Cc2cc(Cl)cc(Cl)c2O)c1. The molecular formula is C16H14Cl2N2O2. The highest BCUT2D eigenvalue weighted by Gasteiger charge is 2.07. The Morgan fingerprint density at radius 2 is 2.09 bits per heavy atom. The van der Waals surface area contributed by atoms with Crippen molar-refractivity contribution in [2.75, 3.05) is 6.54 Å². The van der Waals surface area contributed by atoms with Gasteiger partial charge in [0.2, 0.25) is 0 Å². The van der Waals surface area contributed by atoms with Crippen molar-refractivity contribution in [3.05, 3.63) is 57.6 Å². The van der Waals surface area contributed by atoms with Crippen molar-refractivity contribution >= 4 is 41.0 Å². The first-order valence-corrected chi connectivity index (χ1v) is 7.37. The number of halogens is 2. The summed E-state index contributed by atoms with van der Waals surface area (Å²) in [7, 11) is 0. The van der Waals surface area contributed by atoms with Crippen LogP contribution < -0.4 is 5.32 Å². The molecule has 0 aromatic heterocycles. The second kappa shape index (κ2) is 7.29. The summed E-state index contributed by atoms with van der Waals surface area (Å²) in [6, 6.07) is 9.86. The molecule has 0 fully saturated rings. The Morgan fingerprint density at radius 3 is 2.82 bits per heavy atom. The summed E-state index contributed by atoms with van der Waals surface area (Å²) in [5.74, 6) is -0.247. The molecule has 0 radical (unpaired) electrons. The first-order valence-electron chi connectivity index (χ1n) is 6.61. The Labute approximate surface area is 138 Å². The number of rotatable bonds is 4. The van der Waals surface area contributed by atoms with E-state index in [0.29, 0.717) is 28.4 Å². The van der Waals surface area contributed by atoms with Crippen LogP contribution in [-0.4, -0.2) is 23.8 Å². The highest BCUT2D eigenvalue weighted by molar-refractivity contribution is 6.36. The zero-order valence-electron chi connectivity index (χ0n) is 11.8. The van der Waals surface area contributed by atoms with E-state index in [1.54, 1.807) is 30.3 Å². The Balaban J connectivity index is 2.27. The molecule has 114 valence electrons. The Bertz CT molecular complexity index is 730. The van der Waals surface area contributed by atoms with Crippen LogP contribution in [-0.2, 0) is 0 Å². The van der Waals surface area contributed by atoms with E-state index in [1.165, 1.54) is 12.3 Å². The third-order valence-corrected chi connectivity index (χ3v) is 3.36. The molecule has 2 aromatic rings. The summed E-state index contributed by atoms with van der Waals surface area (Å²) in [6.07, 6.45) is 1.45. The van der Waals surface area contributed by atoms with Gasteiger partial charge in [-0.2, -0.15) is 0 Å². The number of aliphatic imine (C=N–C) groups is 1. The van der Waals surface area contributed by atoms with Crippen LogP contribution in [0.15, 0.2) is 41.4 Å². The van der Waals surface area contributed by atoms with Crippen LogP contribution in [0.1, 0.15) is 22.8 Å². The Hall–Kier alpha value is -2.04. The summed E-state index contributed by atoms with van der Waals surface area (Å²) in [6.45, 7) is 2.41. The van der Waals surface area contributed by atoms with Gasteiger partial charge < -0.3 is 10.4 Å². The fourth-order valence-electron chi connectivity index (χ4n) is 1.82. The Kier molecular flexibility index (Phi) is 5.41. The van der Waals surface area contributed by atoms with Gasteiger partial charge in [0.15, 0.2) is 0 Å². The molecule has 0 saturated carbocycles. The van der Waals surface area contributed by atoms with E-state index in [9.17, 15) is 9.90 Å². The van der Waals surface area contributed by atoms with E-state index >= 15 is 0 Å². The molecule has 0 spiro atoms. The first-order chi connectivity index (χ1) is 10.5. The smallest absolute Gasteiger partial charge is 0.251 e. The van der Waals surface area contributed by atoms with Gasteiger partial charge in [-0.1, -0.05) is 29.3 Å². The van der Waals surface area contributed by atoms with Crippen LogP contribution in [0.25, 0.3) is 0 Å². The van der Waals surface area contributed by atoms with Gasteiger partial charge in [0.25, 0.3) is 5.91 Å². The fourth-order valence-corrected chi connectivity index (χ4v) is 2.33. The number of hydrogen-bond donors (Lipinski definition) is 2. The molecule has 0 unspecified atom stereocenters. The number of phenols is 1. The lowest BCUT2D eigenvalue weighted by Crippen LogP contribution is -2.22. The molecule has 0 bridgehead atoms. The number of benzene rings is 2. The molecule has 1 amide bonds. The maximum absolute atomic E-state index is 11.8. The second-order valence-corrected chi connectivity index (χ2v) is 5.34. The summed E-state index contributed by atoms with van der Waals surface area (Å²) in [5, 5.41) is 13.1. The molecule has 0 aliphatic carbocycles. The molecule has 2 aromatic carbocycles. The van der Waals surface area contributed by atoms with Crippen LogP contribution >= 0.6 is 23.2 Å². The minimum Gasteiger partial charge on any atom is -0.506 e. The highest BCUT2D eigenvalue weighted by Crippen LogP contribution is 2.30. The predicted octanol–water partition coefficient (Wildman–Crippen LogP) is 4.20. The standard InChI is InChI=1S/C16H14Cl2N2O2/c1-2-19-16(22)10-4-3-5-13(7-10)20-9-11-6-12(17)8-14(18)15(11)21/h3-9,21H,2H2,1H3,(H,19,22). The summed E-state index contributed by atoms with van der Waals surface area (Å²) in [4.78, 5) is 16.0. The van der Waals surface area contributed by atoms with Crippen molar-refractivity contribution in [1.82, 2.24) is 5.32 Å². The third kappa shape index (κ3) is 4.00. The van der Waals surface area contributed by atoms with E-state index in [1.807, 2.05) is 6.92 Å². The van der Waals surface area contributed by atoms with Gasteiger partial charge in [0, 0.05) is 28.9 Å². The van der Waals surface area contributed by atoms with Gasteiger partial charge in [0.1, 0.15) is 5.75 Å². The lowest BCUT2D eigenvalue weighted by molar-refractivity contribution is 0.0956. The zero-order valence-corrected chi connectivity index (χ0v) is 13.3. The number of carbonyl (C=O) groups excluding carboxylic acids is 1. The van der Waals surface area contributed by atoms with Crippen LogP contribution in [0.3, 0.4) is 0 Å². The van der Waals surface area contributed by atoms with E-state index in [0.717, 1.165) is 0 Å². The Morgan fingerprint density at radius 1 is 1.32 bits per heavy atom. The molecule has 0 aliphatic rings. The average molecular weight is 337 g/mol. The lowest BCUT2D eigenvalue weighted by Gasteiger charge is -2.04. The van der Waals surface area contributed by atoms with Gasteiger partial charge >= 0.3 is 0 Å². The van der Waals surface area contributed by atoms with Crippen molar-refractivity contribution in [2.24, 2.45) is 4.99 Å². The third-order valence-electron chi connectivity index (χ3n) is 2.86. The van der Waals surface area contributed by atoms with Crippen molar-refractivity contribution in [2.45, 2.75) is 6.92 Å². The topological polar surface area (TPSA) is 61.7 Å². The molecule has 0 heterocycles. The van der Waals surface area contributed by atoms with E-state index in [2.05, 4.69) is 10.3 Å². The number of phenolic OH excluding ortho intramolecular Hbond substituents is 1. The molecule has 6 heteroatoms. The number of amides is 1. The quantitative estimate of drug-likeness (QED) is 0.822. The maximum Gasteiger partial charge on any atom is 0.251 e. The lowest BCUT2D eigenvalue weighted by atomic mass is 10.2. The van der Waals surface area contributed by atoms with Gasteiger partial charge in [-0.05, 0) is 37.3 Å². The minimum atomic E-state index is -0.159. The number of carbonyl (C=O) groups is 1. The van der Waals surface area contributed by atoms with Crippen molar-refractivity contribution in [3.63, 3.8) is 0 Å². The monoisotopic (exact) mass is 336 g/mol. The highest BCUT2D eigenvalue weighted by atomic mass is 35.5. The molecular weight excluding hydrogens is 323 g/mol. The number of hydrogen-bond acceptors (Lipinski definition) is 3. The average Bonchev–Trinajstić information content (AvgIpc) is 2.50. The molecule has 2 N–H and O–H groups in total. The minimum absolute atomic E-state index is 0.0882. The first kappa shape index (κ1) is 16.3.